The minimum absolute atomic E-state index is 0.0859. The lowest BCUT2D eigenvalue weighted by atomic mass is 10.1. The van der Waals surface area contributed by atoms with Crippen LogP contribution in [0.15, 0.2) is 30.3 Å². The zero-order chi connectivity index (χ0) is 15.7. The normalized spacial score (nSPS) is 12.9. The van der Waals surface area contributed by atoms with Gasteiger partial charge >= 0.3 is 7.60 Å². The molecule has 0 aromatic heterocycles. The molecular formula is C15H24NO4P. The molecule has 0 radical (unpaired) electrons. The van der Waals surface area contributed by atoms with Gasteiger partial charge in [-0.2, -0.15) is 0 Å². The summed E-state index contributed by atoms with van der Waals surface area (Å²) in [6.45, 7) is 6.03. The van der Waals surface area contributed by atoms with E-state index in [9.17, 15) is 9.36 Å². The molecule has 0 fully saturated rings. The van der Waals surface area contributed by atoms with E-state index in [0.717, 1.165) is 5.56 Å². The van der Waals surface area contributed by atoms with E-state index < -0.39 is 7.60 Å². The van der Waals surface area contributed by atoms with Crippen molar-refractivity contribution in [3.63, 3.8) is 0 Å². The average Bonchev–Trinajstić information content (AvgIpc) is 2.47. The second-order valence-corrected chi connectivity index (χ2v) is 6.81. The molecule has 1 N–H and O–H groups in total. The lowest BCUT2D eigenvalue weighted by Crippen LogP contribution is -2.27. The highest BCUT2D eigenvalue weighted by molar-refractivity contribution is 7.53. The highest BCUT2D eigenvalue weighted by Crippen LogP contribution is 2.48. The maximum Gasteiger partial charge on any atom is 0.331 e. The molecule has 118 valence electrons. The Morgan fingerprint density at radius 1 is 1.19 bits per heavy atom. The van der Waals surface area contributed by atoms with Crippen LogP contribution in [0.4, 0.5) is 0 Å². The van der Waals surface area contributed by atoms with Crippen molar-refractivity contribution >= 4 is 13.5 Å². The number of carbonyl (C=O) groups is 1. The zero-order valence-electron chi connectivity index (χ0n) is 12.9. The second-order valence-electron chi connectivity index (χ2n) is 4.62. The lowest BCUT2D eigenvalue weighted by Gasteiger charge is -2.18. The van der Waals surface area contributed by atoms with Crippen LogP contribution in [-0.2, 0) is 18.4 Å². The summed E-state index contributed by atoms with van der Waals surface area (Å²) in [4.78, 5) is 11.9. The Kier molecular flexibility index (Phi) is 7.65. The van der Waals surface area contributed by atoms with Gasteiger partial charge in [-0.1, -0.05) is 30.3 Å². The van der Waals surface area contributed by atoms with Crippen molar-refractivity contribution in [1.82, 2.24) is 5.32 Å². The van der Waals surface area contributed by atoms with Gasteiger partial charge in [-0.25, -0.2) is 0 Å². The molecule has 0 aliphatic rings. The molecule has 0 bridgehead atoms. The molecule has 5 nitrogen and oxygen atoms in total. The summed E-state index contributed by atoms with van der Waals surface area (Å²) in [5.41, 5.74) is 1.03. The molecule has 0 saturated heterocycles. The standard InChI is InChI=1S/C15H24NO4P/c1-4-19-21(18,20-5-2)12-11-15(17)16-13(3)14-9-7-6-8-10-14/h6-10,13H,4-5,11-12H2,1-3H3,(H,16,17). The minimum atomic E-state index is -3.15. The molecule has 0 aliphatic heterocycles. The van der Waals surface area contributed by atoms with Crippen molar-refractivity contribution in [3.8, 4) is 0 Å². The largest absolute Gasteiger partial charge is 0.350 e. The van der Waals surface area contributed by atoms with Gasteiger partial charge in [-0.15, -0.1) is 0 Å². The monoisotopic (exact) mass is 313 g/mol. The fourth-order valence-electron chi connectivity index (χ4n) is 1.94. The summed E-state index contributed by atoms with van der Waals surface area (Å²) in [5, 5.41) is 2.88. The number of carbonyl (C=O) groups excluding carboxylic acids is 1. The average molecular weight is 313 g/mol. The van der Waals surface area contributed by atoms with Gasteiger partial charge in [-0.05, 0) is 26.3 Å². The molecule has 1 amide bonds. The van der Waals surface area contributed by atoms with Crippen molar-refractivity contribution in [2.45, 2.75) is 33.2 Å². The Labute approximate surface area is 126 Å². The number of amides is 1. The van der Waals surface area contributed by atoms with Crippen molar-refractivity contribution in [1.29, 1.82) is 0 Å². The smallest absolute Gasteiger partial charge is 0.331 e. The van der Waals surface area contributed by atoms with E-state index in [1.807, 2.05) is 37.3 Å². The van der Waals surface area contributed by atoms with Gasteiger partial charge < -0.3 is 14.4 Å². The van der Waals surface area contributed by atoms with Crippen LogP contribution in [0.3, 0.4) is 0 Å². The molecule has 1 aromatic rings. The molecule has 1 aromatic carbocycles. The van der Waals surface area contributed by atoms with Crippen LogP contribution in [0.1, 0.15) is 38.8 Å². The summed E-state index contributed by atoms with van der Waals surface area (Å²) < 4.78 is 22.6. The summed E-state index contributed by atoms with van der Waals surface area (Å²) >= 11 is 0. The zero-order valence-corrected chi connectivity index (χ0v) is 13.8. The summed E-state index contributed by atoms with van der Waals surface area (Å²) in [6, 6.07) is 9.61. The van der Waals surface area contributed by atoms with Crippen LogP contribution in [0.25, 0.3) is 0 Å². The Hall–Kier alpha value is -1.16. The number of nitrogens with one attached hydrogen (secondary N) is 1. The molecule has 0 spiro atoms. The summed E-state index contributed by atoms with van der Waals surface area (Å²) in [5.74, 6) is -0.161. The third-order valence-corrected chi connectivity index (χ3v) is 5.02. The van der Waals surface area contributed by atoms with Crippen molar-refractivity contribution in [2.24, 2.45) is 0 Å². The minimum Gasteiger partial charge on any atom is -0.350 e. The molecule has 0 aliphatic carbocycles. The highest BCUT2D eigenvalue weighted by atomic mass is 31.2. The maximum atomic E-state index is 12.2. The fraction of sp³-hybridized carbons (Fsp3) is 0.533. The molecule has 0 heterocycles. The van der Waals surface area contributed by atoms with Gasteiger partial charge in [-0.3, -0.25) is 9.36 Å². The molecule has 0 saturated carbocycles. The third kappa shape index (κ3) is 6.42. The van der Waals surface area contributed by atoms with Crippen molar-refractivity contribution < 1.29 is 18.4 Å². The van der Waals surface area contributed by atoms with E-state index in [1.165, 1.54) is 0 Å². The highest BCUT2D eigenvalue weighted by Gasteiger charge is 2.24. The van der Waals surface area contributed by atoms with E-state index in [4.69, 9.17) is 9.05 Å². The van der Waals surface area contributed by atoms with E-state index in [-0.39, 0.29) is 24.5 Å². The predicted molar refractivity (Wildman–Crippen MR) is 83.3 cm³/mol. The van der Waals surface area contributed by atoms with Gasteiger partial charge in [0.05, 0.1) is 25.4 Å². The number of hydrogen-bond donors (Lipinski definition) is 1. The first-order valence-corrected chi connectivity index (χ1v) is 8.96. The molecule has 1 atom stereocenters. The number of benzene rings is 1. The number of rotatable bonds is 9. The Bertz CT molecular complexity index is 468. The SMILES string of the molecule is CCOP(=O)(CCC(=O)NC(C)c1ccccc1)OCC. The first kappa shape index (κ1) is 17.9. The Balaban J connectivity index is 2.48. The van der Waals surface area contributed by atoms with Crippen LogP contribution in [-0.4, -0.2) is 25.3 Å². The Morgan fingerprint density at radius 3 is 2.29 bits per heavy atom. The second kappa shape index (κ2) is 8.98. The van der Waals surface area contributed by atoms with E-state index in [0.29, 0.717) is 13.2 Å². The van der Waals surface area contributed by atoms with Crippen LogP contribution in [0.5, 0.6) is 0 Å². The topological polar surface area (TPSA) is 64.6 Å². The van der Waals surface area contributed by atoms with Gasteiger partial charge in [0.2, 0.25) is 5.91 Å². The first-order valence-electron chi connectivity index (χ1n) is 7.23. The molecule has 1 unspecified atom stereocenters. The number of hydrogen-bond acceptors (Lipinski definition) is 4. The van der Waals surface area contributed by atoms with E-state index in [2.05, 4.69) is 5.32 Å². The third-order valence-electron chi connectivity index (χ3n) is 2.94. The van der Waals surface area contributed by atoms with Crippen LogP contribution < -0.4 is 5.32 Å². The van der Waals surface area contributed by atoms with Gasteiger partial charge in [0.15, 0.2) is 0 Å². The predicted octanol–water partition coefficient (Wildman–Crippen LogP) is 3.52. The van der Waals surface area contributed by atoms with Gasteiger partial charge in [0.25, 0.3) is 0 Å². The first-order chi connectivity index (χ1) is 10.0. The van der Waals surface area contributed by atoms with Crippen LogP contribution in [0, 0.1) is 0 Å². The van der Waals surface area contributed by atoms with Crippen LogP contribution >= 0.6 is 7.60 Å². The Morgan fingerprint density at radius 2 is 1.76 bits per heavy atom. The van der Waals surface area contributed by atoms with Crippen LogP contribution in [0.2, 0.25) is 0 Å². The van der Waals surface area contributed by atoms with Gasteiger partial charge in [0, 0.05) is 6.42 Å². The van der Waals surface area contributed by atoms with Crippen molar-refractivity contribution in [2.75, 3.05) is 19.4 Å². The fourth-order valence-corrected chi connectivity index (χ4v) is 3.53. The maximum absolute atomic E-state index is 12.2. The summed E-state index contributed by atoms with van der Waals surface area (Å²) in [6.07, 6.45) is 0.219. The molecule has 21 heavy (non-hydrogen) atoms. The van der Waals surface area contributed by atoms with Crippen molar-refractivity contribution in [3.05, 3.63) is 35.9 Å². The molecule has 1 rings (SSSR count). The molecular weight excluding hydrogens is 289 g/mol. The molecule has 6 heteroatoms. The van der Waals surface area contributed by atoms with Gasteiger partial charge in [0.1, 0.15) is 0 Å². The van der Waals surface area contributed by atoms with E-state index in [1.54, 1.807) is 13.8 Å². The quantitative estimate of drug-likeness (QED) is 0.708. The summed E-state index contributed by atoms with van der Waals surface area (Å²) in [7, 11) is -3.15. The lowest BCUT2D eigenvalue weighted by molar-refractivity contribution is -0.121. The van der Waals surface area contributed by atoms with E-state index >= 15 is 0 Å².